The summed E-state index contributed by atoms with van der Waals surface area (Å²) in [4.78, 5) is 35.0. The summed E-state index contributed by atoms with van der Waals surface area (Å²) in [5.41, 5.74) is 0. The molecule has 19 heavy (non-hydrogen) atoms. The van der Waals surface area contributed by atoms with Crippen LogP contribution < -0.4 is 0 Å². The van der Waals surface area contributed by atoms with Gasteiger partial charge in [-0.3, -0.25) is 9.59 Å². The van der Waals surface area contributed by atoms with Crippen LogP contribution in [0.3, 0.4) is 0 Å². The number of hydrogen-bond donors (Lipinski definition) is 2. The number of amides is 1. The number of carbonyl (C=O) groups excluding carboxylic acids is 1. The molecule has 0 bridgehead atoms. The molecule has 1 fully saturated rings. The number of hydrogen-bond acceptors (Lipinski definition) is 4. The standard InChI is InChI=1S/C12H19NO6/c1-3-7(2)13(6-10(14)15)11(16)8-4-5-9(19-8)12(17)18/h7-9H,3-6H2,1-2H3,(H,14,15)(H,17,18)/t7-,8+,9-/m1/s1. The molecule has 0 saturated carbocycles. The molecule has 0 unspecified atom stereocenters. The minimum Gasteiger partial charge on any atom is -0.480 e. The monoisotopic (exact) mass is 273 g/mol. The first-order valence-corrected chi connectivity index (χ1v) is 6.27. The van der Waals surface area contributed by atoms with E-state index in [2.05, 4.69) is 0 Å². The summed E-state index contributed by atoms with van der Waals surface area (Å²) < 4.78 is 5.16. The third-order valence-corrected chi connectivity index (χ3v) is 3.28. The normalized spacial score (nSPS) is 23.9. The first kappa shape index (κ1) is 15.4. The minimum absolute atomic E-state index is 0.226. The Bertz CT molecular complexity index is 369. The van der Waals surface area contributed by atoms with Gasteiger partial charge in [-0.1, -0.05) is 6.92 Å². The van der Waals surface area contributed by atoms with Gasteiger partial charge in [0.05, 0.1) is 0 Å². The average molecular weight is 273 g/mol. The summed E-state index contributed by atoms with van der Waals surface area (Å²) in [7, 11) is 0. The van der Waals surface area contributed by atoms with Gasteiger partial charge in [-0.2, -0.15) is 0 Å². The van der Waals surface area contributed by atoms with Crippen molar-refractivity contribution in [2.75, 3.05) is 6.54 Å². The van der Waals surface area contributed by atoms with Gasteiger partial charge in [-0.25, -0.2) is 4.79 Å². The lowest BCUT2D eigenvalue weighted by Crippen LogP contribution is -2.47. The fourth-order valence-corrected chi connectivity index (χ4v) is 2.00. The van der Waals surface area contributed by atoms with Crippen molar-refractivity contribution in [1.82, 2.24) is 4.90 Å². The number of rotatable bonds is 6. The van der Waals surface area contributed by atoms with Gasteiger partial charge in [0, 0.05) is 6.04 Å². The van der Waals surface area contributed by atoms with Gasteiger partial charge < -0.3 is 19.8 Å². The van der Waals surface area contributed by atoms with E-state index in [1.807, 2.05) is 6.92 Å². The van der Waals surface area contributed by atoms with Gasteiger partial charge in [-0.05, 0) is 26.2 Å². The third kappa shape index (κ3) is 3.92. The topological polar surface area (TPSA) is 104 Å². The lowest BCUT2D eigenvalue weighted by Gasteiger charge is -2.29. The highest BCUT2D eigenvalue weighted by atomic mass is 16.5. The highest BCUT2D eigenvalue weighted by Crippen LogP contribution is 2.22. The van der Waals surface area contributed by atoms with Gasteiger partial charge in [0.1, 0.15) is 12.6 Å². The van der Waals surface area contributed by atoms with Crippen LogP contribution in [0.2, 0.25) is 0 Å². The third-order valence-electron chi connectivity index (χ3n) is 3.28. The summed E-state index contributed by atoms with van der Waals surface area (Å²) in [6.07, 6.45) is -0.629. The molecule has 0 aromatic carbocycles. The van der Waals surface area contributed by atoms with Crippen molar-refractivity contribution in [3.05, 3.63) is 0 Å². The van der Waals surface area contributed by atoms with Crippen LogP contribution in [-0.2, 0) is 19.1 Å². The summed E-state index contributed by atoms with van der Waals surface area (Å²) in [5, 5.41) is 17.6. The predicted molar refractivity (Wildman–Crippen MR) is 64.6 cm³/mol. The maximum Gasteiger partial charge on any atom is 0.332 e. The van der Waals surface area contributed by atoms with Gasteiger partial charge in [0.25, 0.3) is 5.91 Å². The van der Waals surface area contributed by atoms with Crippen LogP contribution in [0.25, 0.3) is 0 Å². The van der Waals surface area contributed by atoms with Crippen molar-refractivity contribution in [1.29, 1.82) is 0 Å². The zero-order valence-electron chi connectivity index (χ0n) is 11.0. The van der Waals surface area contributed by atoms with Crippen molar-refractivity contribution in [2.45, 2.75) is 51.4 Å². The molecule has 0 aromatic rings. The maximum absolute atomic E-state index is 12.2. The van der Waals surface area contributed by atoms with Crippen LogP contribution >= 0.6 is 0 Å². The van der Waals surface area contributed by atoms with Crippen molar-refractivity contribution in [3.8, 4) is 0 Å². The van der Waals surface area contributed by atoms with Gasteiger partial charge in [-0.15, -0.1) is 0 Å². The molecule has 7 heteroatoms. The van der Waals surface area contributed by atoms with E-state index in [1.54, 1.807) is 6.92 Å². The van der Waals surface area contributed by atoms with Crippen LogP contribution in [0.5, 0.6) is 0 Å². The Morgan fingerprint density at radius 3 is 2.26 bits per heavy atom. The Balaban J connectivity index is 2.72. The molecular formula is C12H19NO6. The molecule has 1 heterocycles. The highest BCUT2D eigenvalue weighted by Gasteiger charge is 2.38. The Morgan fingerprint density at radius 2 is 1.84 bits per heavy atom. The van der Waals surface area contributed by atoms with E-state index in [1.165, 1.54) is 4.90 Å². The molecule has 7 nitrogen and oxygen atoms in total. The molecule has 0 spiro atoms. The quantitative estimate of drug-likeness (QED) is 0.722. The number of carboxylic acids is 2. The maximum atomic E-state index is 12.2. The Morgan fingerprint density at radius 1 is 1.26 bits per heavy atom. The van der Waals surface area contributed by atoms with Gasteiger partial charge in [0.2, 0.25) is 0 Å². The summed E-state index contributed by atoms with van der Waals surface area (Å²) >= 11 is 0. The SMILES string of the molecule is CC[C@@H](C)N(CC(=O)O)C(=O)[C@@H]1CC[C@H](C(=O)O)O1. The second-order valence-corrected chi connectivity index (χ2v) is 4.65. The molecule has 1 aliphatic rings. The van der Waals surface area contributed by atoms with E-state index < -0.39 is 36.6 Å². The second kappa shape index (κ2) is 6.51. The zero-order chi connectivity index (χ0) is 14.6. The summed E-state index contributed by atoms with van der Waals surface area (Å²) in [6.45, 7) is 3.21. The molecule has 3 atom stereocenters. The molecule has 1 amide bonds. The number of nitrogens with zero attached hydrogens (tertiary/aromatic N) is 1. The molecule has 1 aliphatic heterocycles. The van der Waals surface area contributed by atoms with E-state index in [0.29, 0.717) is 12.8 Å². The van der Waals surface area contributed by atoms with E-state index in [0.717, 1.165) is 0 Å². The molecule has 2 N–H and O–H groups in total. The lowest BCUT2D eigenvalue weighted by molar-refractivity contribution is -0.158. The largest absolute Gasteiger partial charge is 0.480 e. The van der Waals surface area contributed by atoms with E-state index in [9.17, 15) is 14.4 Å². The molecule has 0 aromatic heterocycles. The molecule has 0 aliphatic carbocycles. The fourth-order valence-electron chi connectivity index (χ4n) is 2.00. The Labute approximate surface area is 111 Å². The molecule has 1 rings (SSSR count). The highest BCUT2D eigenvalue weighted by molar-refractivity contribution is 5.86. The van der Waals surface area contributed by atoms with Crippen LogP contribution in [0.4, 0.5) is 0 Å². The predicted octanol–water partition coefficient (Wildman–Crippen LogP) is 0.330. The number of ether oxygens (including phenoxy) is 1. The van der Waals surface area contributed by atoms with Gasteiger partial charge >= 0.3 is 11.9 Å². The molecular weight excluding hydrogens is 254 g/mol. The molecule has 0 radical (unpaired) electrons. The van der Waals surface area contributed by atoms with E-state index in [4.69, 9.17) is 14.9 Å². The van der Waals surface area contributed by atoms with Crippen LogP contribution in [0.15, 0.2) is 0 Å². The smallest absolute Gasteiger partial charge is 0.332 e. The summed E-state index contributed by atoms with van der Waals surface area (Å²) in [5.74, 6) is -2.63. The Hall–Kier alpha value is -1.63. The number of carboxylic acid groups (broad SMARTS) is 2. The van der Waals surface area contributed by atoms with E-state index >= 15 is 0 Å². The van der Waals surface area contributed by atoms with Crippen molar-refractivity contribution >= 4 is 17.8 Å². The fraction of sp³-hybridized carbons (Fsp3) is 0.750. The first-order valence-electron chi connectivity index (χ1n) is 6.27. The van der Waals surface area contributed by atoms with Crippen molar-refractivity contribution < 1.29 is 29.3 Å². The van der Waals surface area contributed by atoms with Crippen LogP contribution in [-0.4, -0.2) is 57.8 Å². The van der Waals surface area contributed by atoms with E-state index in [-0.39, 0.29) is 12.5 Å². The van der Waals surface area contributed by atoms with Crippen molar-refractivity contribution in [2.24, 2.45) is 0 Å². The number of aliphatic carboxylic acids is 2. The first-order chi connectivity index (χ1) is 8.86. The molecule has 1 saturated heterocycles. The average Bonchev–Trinajstić information content (AvgIpc) is 2.83. The summed E-state index contributed by atoms with van der Waals surface area (Å²) in [6, 6.07) is -0.226. The Kier molecular flexibility index (Phi) is 5.29. The van der Waals surface area contributed by atoms with Gasteiger partial charge in [0.15, 0.2) is 6.10 Å². The second-order valence-electron chi connectivity index (χ2n) is 4.65. The minimum atomic E-state index is -1.10. The zero-order valence-corrected chi connectivity index (χ0v) is 11.0. The lowest BCUT2D eigenvalue weighted by atomic mass is 10.1. The van der Waals surface area contributed by atoms with Crippen molar-refractivity contribution in [3.63, 3.8) is 0 Å². The van der Waals surface area contributed by atoms with Crippen LogP contribution in [0.1, 0.15) is 33.1 Å². The number of carbonyl (C=O) groups is 3. The molecule has 108 valence electrons. The van der Waals surface area contributed by atoms with Crippen LogP contribution in [0, 0.1) is 0 Å².